The fourth-order valence-electron chi connectivity index (χ4n) is 9.64. The van der Waals surface area contributed by atoms with Crippen LogP contribution in [0.25, 0.3) is 83.4 Å². The highest BCUT2D eigenvalue weighted by atomic mass is 16.5. The minimum Gasteiger partial charge on any atom is -0.457 e. The molecule has 0 atom stereocenters. The van der Waals surface area contributed by atoms with Crippen LogP contribution in [-0.4, -0.2) is 14.1 Å². The average Bonchev–Trinajstić information content (AvgIpc) is 4.05. The molecule has 0 spiro atoms. The zero-order valence-electron chi connectivity index (χ0n) is 48.5. The third-order valence-corrected chi connectivity index (χ3v) is 13.2. The van der Waals surface area contributed by atoms with Crippen molar-refractivity contribution < 1.29 is 17.5 Å². The van der Waals surface area contributed by atoms with Crippen molar-refractivity contribution in [2.24, 2.45) is 5.41 Å². The molecule has 11 rings (SSSR count). The molecule has 11 aromatic rings. The third kappa shape index (κ3) is 9.01. The molecule has 8 aromatic carbocycles. The molecule has 0 saturated carbocycles. The maximum Gasteiger partial charge on any atom is 0.255 e. The second kappa shape index (κ2) is 18.0. The average molecular weight is 946 g/mol. The number of imidazole rings is 1. The van der Waals surface area contributed by atoms with E-state index in [1.807, 2.05) is 161 Å². The van der Waals surface area contributed by atoms with Crippen molar-refractivity contribution in [1.82, 2.24) is 14.1 Å². The number of rotatable bonds is 9. The first kappa shape index (κ1) is 39.7. The zero-order valence-corrected chi connectivity index (χ0v) is 42.5. The topological polar surface area (TPSA) is 35.9 Å². The maximum absolute atomic E-state index is 9.98. The van der Waals surface area contributed by atoms with Crippen LogP contribution in [0.4, 0.5) is 0 Å². The summed E-state index contributed by atoms with van der Waals surface area (Å²) in [7, 11) is 0. The van der Waals surface area contributed by atoms with Crippen LogP contribution in [-0.2, 0) is 17.2 Å². The van der Waals surface area contributed by atoms with Gasteiger partial charge < -0.3 is 4.74 Å². The molecule has 5 heteroatoms. The van der Waals surface area contributed by atoms with Crippen LogP contribution in [0.1, 0.15) is 87.2 Å². The van der Waals surface area contributed by atoms with Crippen molar-refractivity contribution in [2.45, 2.75) is 79.5 Å². The van der Waals surface area contributed by atoms with Gasteiger partial charge in [0.05, 0.1) is 16.5 Å². The molecule has 0 aliphatic carbocycles. The van der Waals surface area contributed by atoms with E-state index >= 15 is 0 Å². The predicted molar refractivity (Wildman–Crippen MR) is 300 cm³/mol. The molecular formula is C67H63N4O+. The van der Waals surface area contributed by atoms with Crippen LogP contribution in [0.5, 0.6) is 11.5 Å². The van der Waals surface area contributed by atoms with E-state index in [2.05, 4.69) is 85.6 Å². The van der Waals surface area contributed by atoms with Crippen LogP contribution in [0.3, 0.4) is 0 Å². The second-order valence-corrected chi connectivity index (χ2v) is 21.8. The van der Waals surface area contributed by atoms with Gasteiger partial charge in [-0.1, -0.05) is 190 Å². The van der Waals surface area contributed by atoms with E-state index < -0.39 is 22.6 Å². The number of fused-ring (bicyclic) bond motifs is 4. The van der Waals surface area contributed by atoms with Gasteiger partial charge in [-0.3, -0.25) is 4.57 Å². The van der Waals surface area contributed by atoms with Crippen molar-refractivity contribution in [3.63, 3.8) is 0 Å². The van der Waals surface area contributed by atoms with E-state index in [4.69, 9.17) is 12.5 Å². The van der Waals surface area contributed by atoms with Crippen molar-refractivity contribution in [3.8, 4) is 62.1 Å². The molecule has 5 nitrogen and oxygen atoms in total. The fourth-order valence-corrected chi connectivity index (χ4v) is 9.64. The van der Waals surface area contributed by atoms with Gasteiger partial charge in [-0.2, -0.15) is 9.13 Å². The lowest BCUT2D eigenvalue weighted by Gasteiger charge is -2.26. The van der Waals surface area contributed by atoms with Gasteiger partial charge in [0.1, 0.15) is 28.7 Å². The number of hydrogen-bond donors (Lipinski definition) is 0. The third-order valence-electron chi connectivity index (χ3n) is 13.2. The number of aromatic nitrogens is 4. The van der Waals surface area contributed by atoms with Gasteiger partial charge in [-0.15, -0.1) is 0 Å². The normalized spacial score (nSPS) is 13.7. The Morgan fingerprint density at radius 1 is 0.542 bits per heavy atom. The Bertz CT molecular complexity index is 4090. The SMILES string of the molecule is [2H]c1cc(-c2ccccc2)cc([2H])c1-c1cccc(-c2c([2H])c(C(C)(C)C)cc(C(C)(C)C)c2[2H])c1-[n+]1cn(-c2cccc(Oc3ccc4c5ccccc5n(-c5cc(C([2H])([2H])C(C)(C)C)ccn5)c4c3)c2)c2ccccc21. The smallest absolute Gasteiger partial charge is 0.255 e. The van der Waals surface area contributed by atoms with Gasteiger partial charge in [0.2, 0.25) is 0 Å². The number of hydrogen-bond acceptors (Lipinski definition) is 2. The van der Waals surface area contributed by atoms with E-state index in [0.717, 1.165) is 60.8 Å². The predicted octanol–water partition coefficient (Wildman–Crippen LogP) is 17.4. The summed E-state index contributed by atoms with van der Waals surface area (Å²) in [4.78, 5) is 4.80. The standard InChI is InChI=1S/C67H63N4O/c1-65(2,3)43-45-35-36-68-63(37-45)71-59-26-14-13-23-57(59)58-34-33-54(42-62(58)71)72-53-22-17-21-52(41-53)69-44-70(61-28-16-15-27-60(61)69)64-55(48-31-29-47(30-32-48)46-19-11-10-12-20-46)24-18-25-56(64)49-38-50(66(4,5)6)40-51(39-49)67(7,8)9/h10-42,44H,43H2,1-9H3/q+1/i31D,32D,38D,39D,43D2. The summed E-state index contributed by atoms with van der Waals surface area (Å²) in [5.41, 5.74) is 9.65. The maximum atomic E-state index is 9.98. The molecule has 72 heavy (non-hydrogen) atoms. The minimum absolute atomic E-state index is 0.191. The monoisotopic (exact) mass is 946 g/mol. The minimum atomic E-state index is -1.62. The van der Waals surface area contributed by atoms with Gasteiger partial charge in [0.15, 0.2) is 11.0 Å². The van der Waals surface area contributed by atoms with Crippen molar-refractivity contribution in [3.05, 3.63) is 223 Å². The molecule has 0 amide bonds. The molecule has 0 aliphatic heterocycles. The lowest BCUT2D eigenvalue weighted by Crippen LogP contribution is -2.31. The largest absolute Gasteiger partial charge is 0.457 e. The zero-order chi connectivity index (χ0) is 55.2. The van der Waals surface area contributed by atoms with E-state index in [-0.39, 0.29) is 24.2 Å². The highest BCUT2D eigenvalue weighted by Crippen LogP contribution is 2.41. The van der Waals surface area contributed by atoms with Gasteiger partial charge >= 0.3 is 0 Å². The van der Waals surface area contributed by atoms with Gasteiger partial charge in [-0.05, 0) is 116 Å². The molecule has 0 aliphatic rings. The van der Waals surface area contributed by atoms with Crippen molar-refractivity contribution in [2.75, 3.05) is 0 Å². The quantitative estimate of drug-likeness (QED) is 0.135. The summed E-state index contributed by atoms with van der Waals surface area (Å²) < 4.78 is 70.5. The van der Waals surface area contributed by atoms with Crippen LogP contribution in [0, 0.1) is 5.41 Å². The molecule has 0 bridgehead atoms. The number of nitrogens with zero attached hydrogens (tertiary/aromatic N) is 4. The molecule has 0 saturated heterocycles. The fraction of sp³-hybridized carbons (Fsp3) is 0.194. The molecule has 0 unspecified atom stereocenters. The first-order chi connectivity index (χ1) is 37.0. The lowest BCUT2D eigenvalue weighted by atomic mass is 9.78. The lowest BCUT2D eigenvalue weighted by molar-refractivity contribution is -0.566. The summed E-state index contributed by atoms with van der Waals surface area (Å²) in [5.74, 6) is 1.82. The number of para-hydroxylation sites is 4. The Morgan fingerprint density at radius 2 is 1.17 bits per heavy atom. The van der Waals surface area contributed by atoms with Crippen LogP contribution >= 0.6 is 0 Å². The van der Waals surface area contributed by atoms with Crippen LogP contribution in [0.15, 0.2) is 207 Å². The van der Waals surface area contributed by atoms with E-state index in [9.17, 15) is 5.48 Å². The summed E-state index contributed by atoms with van der Waals surface area (Å²) in [6.07, 6.45) is 2.09. The Labute approximate surface area is 433 Å². The second-order valence-electron chi connectivity index (χ2n) is 21.8. The van der Waals surface area contributed by atoms with Gasteiger partial charge in [0, 0.05) is 43.0 Å². The first-order valence-electron chi connectivity index (χ1n) is 27.8. The first-order valence-corrected chi connectivity index (χ1v) is 24.8. The number of ether oxygens (including phenoxy) is 1. The molecule has 0 radical (unpaired) electrons. The Morgan fingerprint density at radius 3 is 1.89 bits per heavy atom. The molecule has 0 N–H and O–H groups in total. The molecule has 3 aromatic heterocycles. The number of pyridine rings is 1. The van der Waals surface area contributed by atoms with Crippen molar-refractivity contribution >= 4 is 32.8 Å². The number of benzene rings is 8. The Hall–Kier alpha value is -8.02. The van der Waals surface area contributed by atoms with E-state index in [1.54, 1.807) is 12.3 Å². The highest BCUT2D eigenvalue weighted by Gasteiger charge is 2.28. The van der Waals surface area contributed by atoms with Gasteiger partial charge in [-0.25, -0.2) is 4.98 Å². The van der Waals surface area contributed by atoms with Crippen LogP contribution in [0.2, 0.25) is 0 Å². The Balaban J connectivity index is 1.08. The van der Waals surface area contributed by atoms with Crippen molar-refractivity contribution in [1.29, 1.82) is 0 Å². The summed E-state index contributed by atoms with van der Waals surface area (Å²) in [6, 6.07) is 56.2. The summed E-state index contributed by atoms with van der Waals surface area (Å²) in [6.45, 7) is 18.4. The Kier molecular flexibility index (Phi) is 9.91. The molecule has 0 fully saturated rings. The van der Waals surface area contributed by atoms with Crippen LogP contribution < -0.4 is 9.30 Å². The van der Waals surface area contributed by atoms with E-state index in [0.29, 0.717) is 50.8 Å². The summed E-state index contributed by atoms with van der Waals surface area (Å²) >= 11 is 0. The molecule has 356 valence electrons. The molecular weight excluding hydrogens is 877 g/mol. The van der Waals surface area contributed by atoms with Gasteiger partial charge in [0.25, 0.3) is 6.33 Å². The summed E-state index contributed by atoms with van der Waals surface area (Å²) in [5, 5.41) is 2.05. The van der Waals surface area contributed by atoms with E-state index in [1.165, 1.54) is 0 Å². The highest BCUT2D eigenvalue weighted by molar-refractivity contribution is 6.09. The molecule has 3 heterocycles.